The molecule has 3 nitrogen and oxygen atoms in total. The van der Waals surface area contributed by atoms with Crippen molar-refractivity contribution in [3.63, 3.8) is 0 Å². The largest absolute Gasteiger partial charge is 0.493 e. The Morgan fingerprint density at radius 3 is 3.16 bits per heavy atom. The average Bonchev–Trinajstić information content (AvgIpc) is 2.87. The van der Waals surface area contributed by atoms with Crippen molar-refractivity contribution in [3.8, 4) is 5.75 Å². The summed E-state index contributed by atoms with van der Waals surface area (Å²) in [5, 5.41) is 3.84. The number of anilines is 1. The van der Waals surface area contributed by atoms with Crippen LogP contribution in [0.2, 0.25) is 5.15 Å². The number of pyridine rings is 1. The molecule has 0 unspecified atom stereocenters. The lowest BCUT2D eigenvalue weighted by Crippen LogP contribution is -2.01. The second-order valence-electron chi connectivity index (χ2n) is 4.75. The van der Waals surface area contributed by atoms with Crippen LogP contribution in [-0.4, -0.2) is 11.6 Å². The van der Waals surface area contributed by atoms with Crippen LogP contribution >= 0.6 is 11.6 Å². The van der Waals surface area contributed by atoms with Gasteiger partial charge in [0.25, 0.3) is 0 Å². The van der Waals surface area contributed by atoms with Crippen LogP contribution in [0.1, 0.15) is 16.7 Å². The quantitative estimate of drug-likeness (QED) is 0.869. The number of aryl methyl sites for hydroxylation is 1. The Hall–Kier alpha value is -1.74. The summed E-state index contributed by atoms with van der Waals surface area (Å²) in [7, 11) is 0. The molecular weight excluding hydrogens is 260 g/mol. The van der Waals surface area contributed by atoms with E-state index in [1.165, 1.54) is 11.1 Å². The maximum Gasteiger partial charge on any atom is 0.152 e. The molecule has 0 atom stereocenters. The van der Waals surface area contributed by atoms with Crippen LogP contribution in [0.3, 0.4) is 0 Å². The monoisotopic (exact) mass is 274 g/mol. The fourth-order valence-corrected chi connectivity index (χ4v) is 2.39. The van der Waals surface area contributed by atoms with Crippen LogP contribution in [0.4, 0.5) is 5.69 Å². The number of ether oxygens (including phenoxy) is 1. The summed E-state index contributed by atoms with van der Waals surface area (Å²) in [5.41, 5.74) is 4.47. The summed E-state index contributed by atoms with van der Waals surface area (Å²) < 4.78 is 5.50. The molecule has 1 aromatic heterocycles. The average molecular weight is 275 g/mol. The van der Waals surface area contributed by atoms with Crippen molar-refractivity contribution >= 4 is 17.3 Å². The zero-order chi connectivity index (χ0) is 13.2. The number of aromatic nitrogens is 1. The third-order valence-electron chi connectivity index (χ3n) is 3.21. The summed E-state index contributed by atoms with van der Waals surface area (Å²) >= 11 is 6.06. The first-order valence-corrected chi connectivity index (χ1v) is 6.71. The second kappa shape index (κ2) is 5.10. The van der Waals surface area contributed by atoms with E-state index in [-0.39, 0.29) is 0 Å². The first kappa shape index (κ1) is 12.3. The molecule has 19 heavy (non-hydrogen) atoms. The van der Waals surface area contributed by atoms with Crippen LogP contribution in [-0.2, 0) is 13.0 Å². The fraction of sp³-hybridized carbons (Fsp3) is 0.267. The molecule has 2 heterocycles. The smallest absolute Gasteiger partial charge is 0.152 e. The first-order chi connectivity index (χ1) is 9.22. The first-order valence-electron chi connectivity index (χ1n) is 6.33. The van der Waals surface area contributed by atoms with Crippen LogP contribution in [0.5, 0.6) is 5.75 Å². The molecule has 0 saturated carbocycles. The Kier molecular flexibility index (Phi) is 3.30. The normalized spacial score (nSPS) is 12.9. The summed E-state index contributed by atoms with van der Waals surface area (Å²) in [6.45, 7) is 3.53. The molecule has 1 aliphatic heterocycles. The maximum absolute atomic E-state index is 6.06. The predicted molar refractivity (Wildman–Crippen MR) is 77.0 cm³/mol. The van der Waals surface area contributed by atoms with E-state index in [1.54, 1.807) is 6.20 Å². The Labute approximate surface area is 117 Å². The van der Waals surface area contributed by atoms with Gasteiger partial charge in [-0.2, -0.15) is 0 Å². The third kappa shape index (κ3) is 2.66. The molecule has 0 spiro atoms. The van der Waals surface area contributed by atoms with Gasteiger partial charge >= 0.3 is 0 Å². The lowest BCUT2D eigenvalue weighted by atomic mass is 10.1. The maximum atomic E-state index is 6.06. The van der Waals surface area contributed by atoms with Gasteiger partial charge in [-0.05, 0) is 35.7 Å². The van der Waals surface area contributed by atoms with Gasteiger partial charge < -0.3 is 10.1 Å². The predicted octanol–water partition coefficient (Wildman–Crippen LogP) is 3.59. The van der Waals surface area contributed by atoms with Gasteiger partial charge in [0.2, 0.25) is 0 Å². The van der Waals surface area contributed by atoms with Crippen LogP contribution < -0.4 is 10.1 Å². The van der Waals surface area contributed by atoms with Crippen molar-refractivity contribution in [1.29, 1.82) is 0 Å². The van der Waals surface area contributed by atoms with Crippen LogP contribution in [0.15, 0.2) is 30.5 Å². The molecule has 4 heteroatoms. The molecule has 0 amide bonds. The minimum absolute atomic E-state index is 0.509. The van der Waals surface area contributed by atoms with Gasteiger partial charge in [0.1, 0.15) is 5.75 Å². The highest BCUT2D eigenvalue weighted by atomic mass is 35.5. The number of nitrogens with zero attached hydrogens (tertiary/aromatic N) is 1. The summed E-state index contributed by atoms with van der Waals surface area (Å²) in [4.78, 5) is 4.13. The molecule has 0 bridgehead atoms. The standard InChI is InChI=1S/C15H15ClN2O/c1-10-6-13(15(16)18-8-10)17-9-11-2-3-14-12(7-11)4-5-19-14/h2-3,6-8,17H,4-5,9H2,1H3. The highest BCUT2D eigenvalue weighted by Crippen LogP contribution is 2.26. The number of nitrogens with one attached hydrogen (secondary N) is 1. The molecule has 0 radical (unpaired) electrons. The number of hydrogen-bond acceptors (Lipinski definition) is 3. The van der Waals surface area contributed by atoms with Gasteiger partial charge in [-0.3, -0.25) is 0 Å². The number of rotatable bonds is 3. The number of hydrogen-bond donors (Lipinski definition) is 1. The van der Waals surface area contributed by atoms with Crippen LogP contribution in [0.25, 0.3) is 0 Å². The Morgan fingerprint density at radius 2 is 2.26 bits per heavy atom. The minimum Gasteiger partial charge on any atom is -0.493 e. The summed E-state index contributed by atoms with van der Waals surface area (Å²) in [6.07, 6.45) is 2.76. The van der Waals surface area contributed by atoms with E-state index in [9.17, 15) is 0 Å². The van der Waals surface area contributed by atoms with Gasteiger partial charge in [-0.25, -0.2) is 4.98 Å². The summed E-state index contributed by atoms with van der Waals surface area (Å²) in [5.74, 6) is 1.01. The lowest BCUT2D eigenvalue weighted by Gasteiger charge is -2.09. The molecule has 1 aliphatic rings. The van der Waals surface area contributed by atoms with Crippen molar-refractivity contribution in [2.45, 2.75) is 19.9 Å². The van der Waals surface area contributed by atoms with E-state index in [4.69, 9.17) is 16.3 Å². The number of fused-ring (bicyclic) bond motifs is 1. The van der Waals surface area contributed by atoms with Gasteiger partial charge in [0, 0.05) is 19.2 Å². The van der Waals surface area contributed by atoms with Gasteiger partial charge in [0.15, 0.2) is 5.15 Å². The van der Waals surface area contributed by atoms with Crippen molar-refractivity contribution in [2.24, 2.45) is 0 Å². The minimum atomic E-state index is 0.509. The fourth-order valence-electron chi connectivity index (χ4n) is 2.22. The van der Waals surface area contributed by atoms with E-state index >= 15 is 0 Å². The molecule has 0 aliphatic carbocycles. The third-order valence-corrected chi connectivity index (χ3v) is 3.51. The zero-order valence-electron chi connectivity index (χ0n) is 10.7. The van der Waals surface area contributed by atoms with E-state index in [1.807, 2.05) is 19.1 Å². The Balaban J connectivity index is 1.74. The van der Waals surface area contributed by atoms with Crippen molar-refractivity contribution in [1.82, 2.24) is 4.98 Å². The lowest BCUT2D eigenvalue weighted by molar-refractivity contribution is 0.357. The molecule has 3 rings (SSSR count). The molecule has 98 valence electrons. The molecule has 1 aromatic carbocycles. The number of benzene rings is 1. The van der Waals surface area contributed by atoms with Gasteiger partial charge in [0.05, 0.1) is 12.3 Å². The Bertz CT molecular complexity index is 613. The van der Waals surface area contributed by atoms with Gasteiger partial charge in [-0.15, -0.1) is 0 Å². The van der Waals surface area contributed by atoms with Crippen molar-refractivity contribution in [3.05, 3.63) is 52.3 Å². The highest BCUT2D eigenvalue weighted by molar-refractivity contribution is 6.31. The molecule has 2 aromatic rings. The molecule has 0 saturated heterocycles. The van der Waals surface area contributed by atoms with E-state index in [2.05, 4.69) is 22.4 Å². The molecular formula is C15H15ClN2O. The SMILES string of the molecule is Cc1cnc(Cl)c(NCc2ccc3c(c2)CCO3)c1. The van der Waals surface area contributed by atoms with E-state index < -0.39 is 0 Å². The summed E-state index contributed by atoms with van der Waals surface area (Å²) in [6, 6.07) is 8.31. The Morgan fingerprint density at radius 1 is 1.37 bits per heavy atom. The van der Waals surface area contributed by atoms with E-state index in [0.29, 0.717) is 5.15 Å². The highest BCUT2D eigenvalue weighted by Gasteiger charge is 2.12. The van der Waals surface area contributed by atoms with E-state index in [0.717, 1.165) is 36.6 Å². The van der Waals surface area contributed by atoms with Gasteiger partial charge in [-0.1, -0.05) is 23.7 Å². The second-order valence-corrected chi connectivity index (χ2v) is 5.10. The molecule has 0 fully saturated rings. The number of halogens is 1. The zero-order valence-corrected chi connectivity index (χ0v) is 11.5. The topological polar surface area (TPSA) is 34.2 Å². The van der Waals surface area contributed by atoms with Crippen LogP contribution in [0, 0.1) is 6.92 Å². The molecule has 1 N–H and O–H groups in total. The van der Waals surface area contributed by atoms with Crippen molar-refractivity contribution < 1.29 is 4.74 Å². The van der Waals surface area contributed by atoms with Crippen molar-refractivity contribution in [2.75, 3.05) is 11.9 Å².